The van der Waals surface area contributed by atoms with Crippen molar-refractivity contribution in [1.82, 2.24) is 10.3 Å². The number of rotatable bonds is 6. The van der Waals surface area contributed by atoms with Gasteiger partial charge in [0.2, 0.25) is 5.91 Å². The average Bonchev–Trinajstić information content (AvgIpc) is 3.15. The van der Waals surface area contributed by atoms with E-state index >= 15 is 0 Å². The predicted molar refractivity (Wildman–Crippen MR) is 113 cm³/mol. The minimum atomic E-state index is -0.999. The zero-order valence-electron chi connectivity index (χ0n) is 16.1. The van der Waals surface area contributed by atoms with E-state index in [1.807, 2.05) is 30.3 Å². The topological polar surface area (TPSA) is 101 Å². The number of nitrogens with zero attached hydrogens (tertiary/aromatic N) is 1. The minimum Gasteiger partial charge on any atom is -0.423 e. The van der Waals surface area contributed by atoms with Crippen LogP contribution in [0.25, 0.3) is 0 Å². The first-order valence-electron chi connectivity index (χ1n) is 9.59. The van der Waals surface area contributed by atoms with Crippen LogP contribution >= 0.6 is 0 Å². The number of benzene rings is 2. The Morgan fingerprint density at radius 3 is 2.67 bits per heavy atom. The van der Waals surface area contributed by atoms with E-state index in [2.05, 4.69) is 15.6 Å². The van der Waals surface area contributed by atoms with Crippen molar-refractivity contribution in [2.45, 2.75) is 19.1 Å². The highest BCUT2D eigenvalue weighted by molar-refractivity contribution is 6.61. The number of anilines is 1. The summed E-state index contributed by atoms with van der Waals surface area (Å²) in [4.78, 5) is 29.7. The highest BCUT2D eigenvalue weighted by Crippen LogP contribution is 2.15. The molecule has 3 aromatic rings. The van der Waals surface area contributed by atoms with E-state index in [1.165, 1.54) is 6.20 Å². The maximum absolute atomic E-state index is 13.0. The van der Waals surface area contributed by atoms with E-state index in [0.717, 1.165) is 11.1 Å². The Kier molecular flexibility index (Phi) is 5.88. The second-order valence-electron chi connectivity index (χ2n) is 7.00. The van der Waals surface area contributed by atoms with E-state index in [9.17, 15) is 14.6 Å². The third kappa shape index (κ3) is 4.56. The monoisotopic (exact) mass is 401 g/mol. The molecule has 0 radical (unpaired) electrons. The number of hydrogen-bond donors (Lipinski definition) is 3. The van der Waals surface area contributed by atoms with Crippen LogP contribution in [-0.4, -0.2) is 35.0 Å². The number of nitrogens with one attached hydrogen (secondary N) is 2. The first-order valence-corrected chi connectivity index (χ1v) is 9.59. The van der Waals surface area contributed by atoms with Crippen LogP contribution in [0.5, 0.6) is 0 Å². The van der Waals surface area contributed by atoms with E-state index in [0.29, 0.717) is 24.2 Å². The summed E-state index contributed by atoms with van der Waals surface area (Å²) in [5.41, 5.74) is 3.18. The lowest BCUT2D eigenvalue weighted by molar-refractivity contribution is -0.118. The zero-order chi connectivity index (χ0) is 20.9. The van der Waals surface area contributed by atoms with Crippen LogP contribution in [0, 0.1) is 0 Å². The van der Waals surface area contributed by atoms with Gasteiger partial charge in [-0.1, -0.05) is 42.5 Å². The quantitative estimate of drug-likeness (QED) is 0.541. The van der Waals surface area contributed by atoms with E-state index in [-0.39, 0.29) is 11.6 Å². The Hall–Kier alpha value is -3.49. The van der Waals surface area contributed by atoms with Gasteiger partial charge in [0.05, 0.1) is 6.61 Å². The van der Waals surface area contributed by atoms with E-state index in [4.69, 9.17) is 4.65 Å². The van der Waals surface area contributed by atoms with Crippen LogP contribution in [0.3, 0.4) is 0 Å². The standard InChI is InChI=1S/C22H20BN3O4/c27-21(19-8-4-5-11-24-19)26-20(12-15-6-2-1-3-7-15)22(28)25-17-10-9-16-14-30-23(29)18(16)13-17/h1-11,13,20,29H,12,14H2,(H,25,28)(H,26,27)/t20-/m0/s1. The third-order valence-corrected chi connectivity index (χ3v) is 4.88. The average molecular weight is 401 g/mol. The fraction of sp³-hybridized carbons (Fsp3) is 0.136. The molecular weight excluding hydrogens is 381 g/mol. The van der Waals surface area contributed by atoms with Crippen LogP contribution in [0.4, 0.5) is 5.69 Å². The van der Waals surface area contributed by atoms with Crippen LogP contribution in [0.2, 0.25) is 0 Å². The van der Waals surface area contributed by atoms with Gasteiger partial charge in [-0.2, -0.15) is 0 Å². The second-order valence-corrected chi connectivity index (χ2v) is 7.00. The number of aromatic nitrogens is 1. The molecule has 0 bridgehead atoms. The normalized spacial score (nSPS) is 13.4. The molecule has 150 valence electrons. The molecule has 1 atom stereocenters. The van der Waals surface area contributed by atoms with Gasteiger partial charge in [-0.25, -0.2) is 0 Å². The van der Waals surface area contributed by atoms with Gasteiger partial charge in [-0.3, -0.25) is 14.6 Å². The van der Waals surface area contributed by atoms with Gasteiger partial charge in [0.25, 0.3) is 5.91 Å². The molecule has 1 aromatic heterocycles. The maximum atomic E-state index is 13.0. The first kappa shape index (κ1) is 19.8. The lowest BCUT2D eigenvalue weighted by Gasteiger charge is -2.19. The van der Waals surface area contributed by atoms with Crippen molar-refractivity contribution >= 4 is 30.1 Å². The van der Waals surface area contributed by atoms with Crippen molar-refractivity contribution in [2.24, 2.45) is 0 Å². The Balaban J connectivity index is 1.53. The molecule has 0 unspecified atom stereocenters. The molecule has 2 amide bonds. The second kappa shape index (κ2) is 8.90. The summed E-state index contributed by atoms with van der Waals surface area (Å²) >= 11 is 0. The number of amides is 2. The fourth-order valence-electron chi connectivity index (χ4n) is 3.31. The van der Waals surface area contributed by atoms with Crippen molar-refractivity contribution in [3.63, 3.8) is 0 Å². The van der Waals surface area contributed by atoms with Gasteiger partial charge in [0, 0.05) is 18.3 Å². The molecule has 2 heterocycles. The molecule has 8 heteroatoms. The summed E-state index contributed by atoms with van der Waals surface area (Å²) in [5, 5.41) is 15.5. The number of carbonyl (C=O) groups is 2. The number of fused-ring (bicyclic) bond motifs is 1. The largest absolute Gasteiger partial charge is 0.491 e. The lowest BCUT2D eigenvalue weighted by atomic mass is 9.79. The van der Waals surface area contributed by atoms with Crippen LogP contribution in [0.15, 0.2) is 72.9 Å². The molecule has 7 nitrogen and oxygen atoms in total. The third-order valence-electron chi connectivity index (χ3n) is 4.88. The van der Waals surface area contributed by atoms with Crippen LogP contribution < -0.4 is 16.1 Å². The van der Waals surface area contributed by atoms with Crippen molar-refractivity contribution < 1.29 is 19.3 Å². The maximum Gasteiger partial charge on any atom is 0.491 e. The van der Waals surface area contributed by atoms with Crippen LogP contribution in [0.1, 0.15) is 21.6 Å². The van der Waals surface area contributed by atoms with E-state index < -0.39 is 19.1 Å². The number of carbonyl (C=O) groups excluding carboxylic acids is 2. The van der Waals surface area contributed by atoms with Gasteiger partial charge in [-0.05, 0) is 40.9 Å². The van der Waals surface area contributed by atoms with Crippen LogP contribution in [-0.2, 0) is 22.5 Å². The Morgan fingerprint density at radius 1 is 1.10 bits per heavy atom. The molecule has 0 fully saturated rings. The minimum absolute atomic E-state index is 0.237. The summed E-state index contributed by atoms with van der Waals surface area (Å²) in [6.07, 6.45) is 1.85. The molecule has 0 saturated carbocycles. The summed E-state index contributed by atoms with van der Waals surface area (Å²) in [7, 11) is -0.999. The predicted octanol–water partition coefficient (Wildman–Crippen LogP) is 1.28. The SMILES string of the molecule is O=C(N[C@@H](Cc1ccccc1)C(=O)Nc1ccc2c(c1)B(O)OC2)c1ccccn1. The molecule has 30 heavy (non-hydrogen) atoms. The van der Waals surface area contributed by atoms with Gasteiger partial charge in [-0.15, -0.1) is 0 Å². The summed E-state index contributed by atoms with van der Waals surface area (Å²) < 4.78 is 5.19. The Bertz CT molecular complexity index is 1050. The van der Waals surface area contributed by atoms with Crippen molar-refractivity contribution in [3.05, 3.63) is 89.7 Å². The molecule has 2 aromatic carbocycles. The van der Waals surface area contributed by atoms with Gasteiger partial charge in [0.1, 0.15) is 11.7 Å². The summed E-state index contributed by atoms with van der Waals surface area (Å²) in [6.45, 7) is 0.335. The molecule has 0 saturated heterocycles. The Labute approximate surface area is 174 Å². The summed E-state index contributed by atoms with van der Waals surface area (Å²) in [6, 6.07) is 18.9. The van der Waals surface area contributed by atoms with Crippen molar-refractivity contribution in [1.29, 1.82) is 0 Å². The molecule has 0 spiro atoms. The van der Waals surface area contributed by atoms with Gasteiger partial charge in [0.15, 0.2) is 0 Å². The van der Waals surface area contributed by atoms with Gasteiger partial charge < -0.3 is 20.3 Å². The molecule has 1 aliphatic rings. The molecule has 0 aliphatic carbocycles. The number of pyridine rings is 1. The molecule has 1 aliphatic heterocycles. The van der Waals surface area contributed by atoms with Gasteiger partial charge >= 0.3 is 7.12 Å². The summed E-state index contributed by atoms with van der Waals surface area (Å²) in [5.74, 6) is -0.791. The zero-order valence-corrected chi connectivity index (χ0v) is 16.1. The molecular formula is C22H20BN3O4. The molecule has 3 N–H and O–H groups in total. The highest BCUT2D eigenvalue weighted by atomic mass is 16.5. The first-order chi connectivity index (χ1) is 14.6. The lowest BCUT2D eigenvalue weighted by Crippen LogP contribution is -2.45. The van der Waals surface area contributed by atoms with Crippen molar-refractivity contribution in [3.8, 4) is 0 Å². The molecule has 4 rings (SSSR count). The Morgan fingerprint density at radius 2 is 1.90 bits per heavy atom. The highest BCUT2D eigenvalue weighted by Gasteiger charge is 2.28. The smallest absolute Gasteiger partial charge is 0.423 e. The van der Waals surface area contributed by atoms with E-state index in [1.54, 1.807) is 36.4 Å². The van der Waals surface area contributed by atoms with Crippen molar-refractivity contribution in [2.75, 3.05) is 5.32 Å². The fourth-order valence-corrected chi connectivity index (χ4v) is 3.31. The number of hydrogen-bond acceptors (Lipinski definition) is 5.